The number of nitrogens with zero attached hydrogens (tertiary/aromatic N) is 3. The van der Waals surface area contributed by atoms with Crippen molar-refractivity contribution in [1.29, 1.82) is 0 Å². The van der Waals surface area contributed by atoms with E-state index >= 15 is 0 Å². The second-order valence-electron chi connectivity index (χ2n) is 6.89. The molecule has 1 amide bonds. The summed E-state index contributed by atoms with van der Waals surface area (Å²) in [4.78, 5) is 30.8. The van der Waals surface area contributed by atoms with E-state index in [0.717, 1.165) is 18.4 Å². The van der Waals surface area contributed by atoms with Crippen molar-refractivity contribution in [1.82, 2.24) is 4.90 Å². The number of thiocarbonyl (C=S) groups is 1. The van der Waals surface area contributed by atoms with Crippen LogP contribution in [0.5, 0.6) is 0 Å². The molecule has 0 bridgehead atoms. The van der Waals surface area contributed by atoms with Gasteiger partial charge in [0, 0.05) is 17.2 Å². The third-order valence-electron chi connectivity index (χ3n) is 5.19. The Bertz CT molecular complexity index is 1020. The number of nitro groups is 1. The molecule has 0 aromatic heterocycles. The number of rotatable bonds is 3. The van der Waals surface area contributed by atoms with Gasteiger partial charge >= 0.3 is 0 Å². The Morgan fingerprint density at radius 2 is 1.86 bits per heavy atom. The van der Waals surface area contributed by atoms with E-state index in [2.05, 4.69) is 0 Å². The van der Waals surface area contributed by atoms with Crippen LogP contribution in [-0.2, 0) is 0 Å². The van der Waals surface area contributed by atoms with Gasteiger partial charge in [0.15, 0.2) is 0 Å². The predicted octanol–water partition coefficient (Wildman–Crippen LogP) is 4.79. The summed E-state index contributed by atoms with van der Waals surface area (Å²) in [5.74, 6) is -0.388. The zero-order valence-electron chi connectivity index (χ0n) is 14.8. The van der Waals surface area contributed by atoms with Gasteiger partial charge in [-0.15, -0.1) is 0 Å². The van der Waals surface area contributed by atoms with Crippen molar-refractivity contribution in [3.8, 4) is 0 Å². The molecule has 1 heterocycles. The second-order valence-corrected chi connectivity index (χ2v) is 7.68. The first-order valence-corrected chi connectivity index (χ1v) is 9.70. The van der Waals surface area contributed by atoms with Gasteiger partial charge in [-0.25, -0.2) is 0 Å². The maximum Gasteiger partial charge on any atom is 0.288 e. The van der Waals surface area contributed by atoms with Gasteiger partial charge in [-0.2, -0.15) is 0 Å². The monoisotopic (exact) mass is 413 g/mol. The summed E-state index contributed by atoms with van der Waals surface area (Å²) in [7, 11) is 0. The Morgan fingerprint density at radius 3 is 2.50 bits per heavy atom. The molecule has 6 nitrogen and oxygen atoms in total. The molecular weight excluding hydrogens is 398 g/mol. The molecule has 1 spiro atoms. The highest BCUT2D eigenvalue weighted by Crippen LogP contribution is 2.42. The average Bonchev–Trinajstić information content (AvgIpc) is 3.27. The van der Waals surface area contributed by atoms with Gasteiger partial charge in [0.25, 0.3) is 11.6 Å². The molecule has 0 saturated heterocycles. The van der Waals surface area contributed by atoms with Crippen molar-refractivity contribution in [2.24, 2.45) is 4.99 Å². The number of hydrogen-bond acceptors (Lipinski definition) is 5. The first kappa shape index (κ1) is 18.7. The minimum absolute atomic E-state index is 0.0117. The van der Waals surface area contributed by atoms with Crippen LogP contribution in [0.3, 0.4) is 0 Å². The van der Waals surface area contributed by atoms with E-state index in [0.29, 0.717) is 23.5 Å². The maximum atomic E-state index is 13.4. The molecule has 8 heteroatoms. The maximum absolute atomic E-state index is 13.4. The van der Waals surface area contributed by atoms with Crippen molar-refractivity contribution in [3.05, 3.63) is 74.8 Å². The van der Waals surface area contributed by atoms with Crippen LogP contribution in [0.4, 0.5) is 5.69 Å². The van der Waals surface area contributed by atoms with Gasteiger partial charge in [-0.3, -0.25) is 24.8 Å². The van der Waals surface area contributed by atoms with E-state index in [4.69, 9.17) is 28.8 Å². The van der Waals surface area contributed by atoms with Crippen molar-refractivity contribution >= 4 is 46.1 Å². The lowest BCUT2D eigenvalue weighted by Crippen LogP contribution is -2.48. The number of carbonyl (C=O) groups is 1. The molecule has 1 fully saturated rings. The number of hydrogen-bond donors (Lipinski definition) is 0. The third kappa shape index (κ3) is 3.00. The van der Waals surface area contributed by atoms with Crippen LogP contribution >= 0.6 is 23.8 Å². The second kappa shape index (κ2) is 7.07. The third-order valence-corrected chi connectivity index (χ3v) is 5.88. The first-order valence-electron chi connectivity index (χ1n) is 8.91. The van der Waals surface area contributed by atoms with Gasteiger partial charge in [-0.1, -0.05) is 54.2 Å². The Hall–Kier alpha value is -2.64. The quantitative estimate of drug-likeness (QED) is 0.411. The van der Waals surface area contributed by atoms with Crippen LogP contribution < -0.4 is 0 Å². The first-order chi connectivity index (χ1) is 13.4. The minimum Gasteiger partial charge on any atom is -0.271 e. The van der Waals surface area contributed by atoms with Crippen molar-refractivity contribution < 1.29 is 9.72 Å². The molecular formula is C20H16ClN3O3S. The normalized spacial score (nSPS) is 17.8. The summed E-state index contributed by atoms with van der Waals surface area (Å²) in [6, 6.07) is 13.6. The highest BCUT2D eigenvalue weighted by Gasteiger charge is 2.50. The van der Waals surface area contributed by atoms with Crippen molar-refractivity contribution in [2.45, 2.75) is 31.3 Å². The summed E-state index contributed by atoms with van der Waals surface area (Å²) < 4.78 is 0. The van der Waals surface area contributed by atoms with Gasteiger partial charge in [0.1, 0.15) is 21.4 Å². The zero-order valence-corrected chi connectivity index (χ0v) is 16.4. The molecule has 0 unspecified atom stereocenters. The fourth-order valence-corrected chi connectivity index (χ4v) is 4.46. The molecule has 1 aliphatic heterocycles. The molecule has 2 aliphatic rings. The lowest BCUT2D eigenvalue weighted by atomic mass is 10.1. The van der Waals surface area contributed by atoms with E-state index in [1.54, 1.807) is 4.90 Å². The Kier molecular flexibility index (Phi) is 4.72. The van der Waals surface area contributed by atoms with Gasteiger partial charge in [0.05, 0.1) is 4.92 Å². The number of aliphatic imine (C=N–C) groups is 1. The van der Waals surface area contributed by atoms with E-state index in [1.807, 2.05) is 30.3 Å². The molecule has 28 heavy (non-hydrogen) atoms. The summed E-state index contributed by atoms with van der Waals surface area (Å²) in [5.41, 5.74) is 0.635. The van der Waals surface area contributed by atoms with E-state index in [-0.39, 0.29) is 22.2 Å². The molecule has 2 aromatic rings. The predicted molar refractivity (Wildman–Crippen MR) is 111 cm³/mol. The Labute approximate surface area is 172 Å². The summed E-state index contributed by atoms with van der Waals surface area (Å²) in [6.45, 7) is 0. The van der Waals surface area contributed by atoms with E-state index < -0.39 is 10.6 Å². The number of carbonyl (C=O) groups excluding carboxylic acids is 1. The summed E-state index contributed by atoms with van der Waals surface area (Å²) in [6.07, 6.45) is 3.31. The average molecular weight is 414 g/mol. The number of nitro benzene ring substituents is 1. The van der Waals surface area contributed by atoms with Gasteiger partial charge < -0.3 is 0 Å². The number of benzene rings is 2. The van der Waals surface area contributed by atoms with Crippen LogP contribution in [0.2, 0.25) is 5.02 Å². The van der Waals surface area contributed by atoms with Crippen LogP contribution in [0.1, 0.15) is 41.6 Å². The Balaban J connectivity index is 1.77. The minimum atomic E-state index is -0.715. The molecule has 0 N–H and O–H groups in total. The van der Waals surface area contributed by atoms with Crippen LogP contribution in [-0.4, -0.2) is 32.1 Å². The van der Waals surface area contributed by atoms with Crippen LogP contribution in [0.25, 0.3) is 0 Å². The van der Waals surface area contributed by atoms with E-state index in [1.165, 1.54) is 18.2 Å². The van der Waals surface area contributed by atoms with Crippen LogP contribution in [0.15, 0.2) is 53.5 Å². The fourth-order valence-electron chi connectivity index (χ4n) is 3.86. The lowest BCUT2D eigenvalue weighted by molar-refractivity contribution is -0.384. The molecule has 0 atom stereocenters. The van der Waals surface area contributed by atoms with Crippen molar-refractivity contribution in [2.75, 3.05) is 0 Å². The van der Waals surface area contributed by atoms with Crippen molar-refractivity contribution in [3.63, 3.8) is 0 Å². The molecule has 142 valence electrons. The molecule has 2 aromatic carbocycles. The molecule has 1 aliphatic carbocycles. The SMILES string of the molecule is O=C(c1ccc(Cl)c([N+](=O)[O-])c1)N1C(=S)C(c2ccccc2)=NC12CCCC2. The van der Waals surface area contributed by atoms with Gasteiger partial charge in [-0.05, 0) is 37.8 Å². The Morgan fingerprint density at radius 1 is 1.18 bits per heavy atom. The lowest BCUT2D eigenvalue weighted by Gasteiger charge is -2.32. The highest BCUT2D eigenvalue weighted by atomic mass is 35.5. The molecule has 4 rings (SSSR count). The zero-order chi connectivity index (χ0) is 19.9. The number of halogens is 1. The topological polar surface area (TPSA) is 75.8 Å². The summed E-state index contributed by atoms with van der Waals surface area (Å²) in [5, 5.41) is 11.2. The van der Waals surface area contributed by atoms with E-state index in [9.17, 15) is 14.9 Å². The summed E-state index contributed by atoms with van der Waals surface area (Å²) >= 11 is 11.5. The molecule has 0 radical (unpaired) electrons. The standard InChI is InChI=1S/C20H16ClN3O3S/c21-15-9-8-14(12-16(15)24(26)27)18(25)23-19(28)17(13-6-2-1-3-7-13)22-20(23)10-4-5-11-20/h1-3,6-9,12H,4-5,10-11H2. The van der Waals surface area contributed by atoms with Gasteiger partial charge in [0.2, 0.25) is 0 Å². The number of amides is 1. The van der Waals surface area contributed by atoms with Crippen LogP contribution in [0, 0.1) is 10.1 Å². The highest BCUT2D eigenvalue weighted by molar-refractivity contribution is 7.82. The molecule has 1 saturated carbocycles. The fraction of sp³-hybridized carbons (Fsp3) is 0.250. The smallest absolute Gasteiger partial charge is 0.271 e. The largest absolute Gasteiger partial charge is 0.288 e.